The molecule has 0 aromatic heterocycles. The Bertz CT molecular complexity index is 464. The summed E-state index contributed by atoms with van der Waals surface area (Å²) in [7, 11) is 1.70. The molecule has 0 aliphatic rings. The lowest BCUT2D eigenvalue weighted by Crippen LogP contribution is -2.01. The van der Waals surface area contributed by atoms with E-state index in [1.807, 2.05) is 18.2 Å². The van der Waals surface area contributed by atoms with E-state index in [1.165, 1.54) is 24.1 Å². The summed E-state index contributed by atoms with van der Waals surface area (Å²) in [4.78, 5) is 0. The van der Waals surface area contributed by atoms with E-state index in [-0.39, 0.29) is 0 Å². The van der Waals surface area contributed by atoms with Gasteiger partial charge in [0.1, 0.15) is 5.75 Å². The summed E-state index contributed by atoms with van der Waals surface area (Å²) in [6.45, 7) is 1.03. The fourth-order valence-electron chi connectivity index (χ4n) is 2.04. The second-order valence-corrected chi connectivity index (χ2v) is 4.60. The van der Waals surface area contributed by atoms with Crippen LogP contribution in [0, 0.1) is 0 Å². The van der Waals surface area contributed by atoms with E-state index in [0.29, 0.717) is 0 Å². The van der Waals surface area contributed by atoms with Crippen molar-refractivity contribution in [3.63, 3.8) is 0 Å². The molecule has 0 atom stereocenters. The average molecular weight is 255 g/mol. The number of rotatable bonds is 7. The van der Waals surface area contributed by atoms with Gasteiger partial charge >= 0.3 is 0 Å². The first kappa shape index (κ1) is 13.5. The molecule has 100 valence electrons. The molecule has 0 unspecified atom stereocenters. The smallest absolute Gasteiger partial charge is 0.118 e. The highest BCUT2D eigenvalue weighted by Crippen LogP contribution is 2.13. The largest absolute Gasteiger partial charge is 0.497 e. The van der Waals surface area contributed by atoms with Gasteiger partial charge in [-0.15, -0.1) is 0 Å². The topological polar surface area (TPSA) is 21.3 Å². The van der Waals surface area contributed by atoms with E-state index < -0.39 is 0 Å². The van der Waals surface area contributed by atoms with Crippen molar-refractivity contribution in [1.29, 1.82) is 0 Å². The van der Waals surface area contributed by atoms with Gasteiger partial charge in [-0.2, -0.15) is 0 Å². The minimum atomic E-state index is 0.925. The van der Waals surface area contributed by atoms with Gasteiger partial charge in [0, 0.05) is 12.2 Å². The first-order chi connectivity index (χ1) is 9.38. The van der Waals surface area contributed by atoms with Crippen molar-refractivity contribution in [1.82, 2.24) is 0 Å². The van der Waals surface area contributed by atoms with Gasteiger partial charge in [-0.25, -0.2) is 0 Å². The molecule has 1 N–H and O–H groups in total. The molecule has 0 saturated heterocycles. The van der Waals surface area contributed by atoms with Crippen LogP contribution >= 0.6 is 0 Å². The maximum absolute atomic E-state index is 5.15. The van der Waals surface area contributed by atoms with Gasteiger partial charge in [0.15, 0.2) is 0 Å². The van der Waals surface area contributed by atoms with Crippen molar-refractivity contribution in [3.05, 3.63) is 60.2 Å². The van der Waals surface area contributed by atoms with Crippen LogP contribution in [0.2, 0.25) is 0 Å². The molecule has 0 saturated carbocycles. The molecule has 2 heteroatoms. The molecular weight excluding hydrogens is 234 g/mol. The average Bonchev–Trinajstić information content (AvgIpc) is 2.49. The van der Waals surface area contributed by atoms with Gasteiger partial charge < -0.3 is 10.1 Å². The van der Waals surface area contributed by atoms with E-state index in [1.54, 1.807) is 7.11 Å². The molecule has 0 heterocycles. The van der Waals surface area contributed by atoms with Crippen molar-refractivity contribution in [3.8, 4) is 5.75 Å². The first-order valence-corrected chi connectivity index (χ1v) is 6.80. The van der Waals surface area contributed by atoms with Gasteiger partial charge in [-0.3, -0.25) is 0 Å². The van der Waals surface area contributed by atoms with E-state index in [4.69, 9.17) is 4.74 Å². The summed E-state index contributed by atoms with van der Waals surface area (Å²) >= 11 is 0. The lowest BCUT2D eigenvalue weighted by Gasteiger charge is -2.06. The molecule has 0 bridgehead atoms. The third-order valence-electron chi connectivity index (χ3n) is 3.15. The number of ether oxygens (including phenoxy) is 1. The number of hydrogen-bond acceptors (Lipinski definition) is 2. The predicted octanol–water partition coefficient (Wildman–Crippen LogP) is 4.13. The Hall–Kier alpha value is -1.96. The number of anilines is 1. The van der Waals surface area contributed by atoms with Crippen LogP contribution in [-0.4, -0.2) is 13.7 Å². The molecule has 19 heavy (non-hydrogen) atoms. The highest BCUT2D eigenvalue weighted by molar-refractivity contribution is 5.42. The fourth-order valence-corrected chi connectivity index (χ4v) is 2.04. The lowest BCUT2D eigenvalue weighted by molar-refractivity contribution is 0.414. The van der Waals surface area contributed by atoms with Gasteiger partial charge in [0.05, 0.1) is 7.11 Å². The maximum Gasteiger partial charge on any atom is 0.118 e. The van der Waals surface area contributed by atoms with Crippen LogP contribution in [0.25, 0.3) is 0 Å². The summed E-state index contributed by atoms with van der Waals surface area (Å²) < 4.78 is 5.15. The van der Waals surface area contributed by atoms with Crippen LogP contribution in [0.1, 0.15) is 18.4 Å². The summed E-state index contributed by atoms with van der Waals surface area (Å²) in [5.74, 6) is 0.925. The van der Waals surface area contributed by atoms with Crippen LogP contribution < -0.4 is 10.1 Å². The zero-order chi connectivity index (χ0) is 13.3. The van der Waals surface area contributed by atoms with Crippen LogP contribution in [0.3, 0.4) is 0 Å². The predicted molar refractivity (Wildman–Crippen MR) is 80.9 cm³/mol. The molecule has 0 aliphatic heterocycles. The minimum absolute atomic E-state index is 0.925. The molecule has 0 spiro atoms. The highest BCUT2D eigenvalue weighted by Gasteiger charge is 1.95. The Balaban J connectivity index is 1.63. The van der Waals surface area contributed by atoms with Gasteiger partial charge in [-0.05, 0) is 49.1 Å². The Labute approximate surface area is 115 Å². The van der Waals surface area contributed by atoms with Crippen molar-refractivity contribution in [2.24, 2.45) is 0 Å². The van der Waals surface area contributed by atoms with Gasteiger partial charge in [0.25, 0.3) is 0 Å². The van der Waals surface area contributed by atoms with E-state index in [0.717, 1.165) is 18.7 Å². The molecule has 0 fully saturated rings. The lowest BCUT2D eigenvalue weighted by atomic mass is 10.1. The second-order valence-electron chi connectivity index (χ2n) is 4.60. The number of unbranched alkanes of at least 4 members (excludes halogenated alkanes) is 1. The van der Waals surface area contributed by atoms with Crippen molar-refractivity contribution >= 4 is 5.69 Å². The summed E-state index contributed by atoms with van der Waals surface area (Å²) in [5.41, 5.74) is 2.58. The fraction of sp³-hybridized carbons (Fsp3) is 0.294. The Morgan fingerprint density at radius 3 is 2.32 bits per heavy atom. The highest BCUT2D eigenvalue weighted by atomic mass is 16.5. The molecule has 2 aromatic rings. The molecule has 2 aromatic carbocycles. The maximum atomic E-state index is 5.15. The van der Waals surface area contributed by atoms with Crippen LogP contribution in [-0.2, 0) is 6.42 Å². The van der Waals surface area contributed by atoms with E-state index in [9.17, 15) is 0 Å². The van der Waals surface area contributed by atoms with Crippen LogP contribution in [0.15, 0.2) is 54.6 Å². The number of para-hydroxylation sites is 1. The van der Waals surface area contributed by atoms with Crippen molar-refractivity contribution in [2.75, 3.05) is 19.0 Å². The van der Waals surface area contributed by atoms with E-state index in [2.05, 4.69) is 41.7 Å². The normalized spacial score (nSPS) is 10.2. The SMILES string of the molecule is COc1ccc(CCCCNc2ccccc2)cc1. The summed E-state index contributed by atoms with van der Waals surface area (Å²) in [6.07, 6.45) is 3.51. The number of methoxy groups -OCH3 is 1. The Morgan fingerprint density at radius 2 is 1.63 bits per heavy atom. The summed E-state index contributed by atoms with van der Waals surface area (Å²) in [6, 6.07) is 18.7. The molecule has 0 radical (unpaired) electrons. The summed E-state index contributed by atoms with van der Waals surface area (Å²) in [5, 5.41) is 3.43. The Kier molecular flexibility index (Phi) is 5.30. The standard InChI is InChI=1S/C17H21NO/c1-19-17-12-10-15(11-13-17)7-5-6-14-18-16-8-3-2-4-9-16/h2-4,8-13,18H,5-7,14H2,1H3. The van der Waals surface area contributed by atoms with Gasteiger partial charge in [0.2, 0.25) is 0 Å². The third kappa shape index (κ3) is 4.66. The second kappa shape index (κ2) is 7.47. The first-order valence-electron chi connectivity index (χ1n) is 6.80. The molecule has 2 nitrogen and oxygen atoms in total. The Morgan fingerprint density at radius 1 is 0.895 bits per heavy atom. The zero-order valence-corrected chi connectivity index (χ0v) is 11.4. The van der Waals surface area contributed by atoms with Gasteiger partial charge in [-0.1, -0.05) is 30.3 Å². The van der Waals surface area contributed by atoms with E-state index >= 15 is 0 Å². The third-order valence-corrected chi connectivity index (χ3v) is 3.15. The number of benzene rings is 2. The van der Waals surface area contributed by atoms with Crippen LogP contribution in [0.4, 0.5) is 5.69 Å². The molecule has 0 aliphatic carbocycles. The molecular formula is C17H21NO. The number of nitrogens with one attached hydrogen (secondary N) is 1. The van der Waals surface area contributed by atoms with Crippen LogP contribution in [0.5, 0.6) is 5.75 Å². The quantitative estimate of drug-likeness (QED) is 0.751. The van der Waals surface area contributed by atoms with Crippen molar-refractivity contribution in [2.45, 2.75) is 19.3 Å². The number of aryl methyl sites for hydroxylation is 1. The van der Waals surface area contributed by atoms with Crippen molar-refractivity contribution < 1.29 is 4.74 Å². The molecule has 0 amide bonds. The zero-order valence-electron chi connectivity index (χ0n) is 11.4. The number of hydrogen-bond donors (Lipinski definition) is 1. The minimum Gasteiger partial charge on any atom is -0.497 e. The molecule has 2 rings (SSSR count). The monoisotopic (exact) mass is 255 g/mol.